The van der Waals surface area contributed by atoms with Crippen molar-refractivity contribution in [1.29, 1.82) is 0 Å². The van der Waals surface area contributed by atoms with E-state index in [-0.39, 0.29) is 57.5 Å². The van der Waals surface area contributed by atoms with Crippen LogP contribution < -0.4 is 14.2 Å². The fourth-order valence-corrected chi connectivity index (χ4v) is 5.04. The molecule has 15 heteroatoms. The molecule has 0 aliphatic carbocycles. The molecular weight excluding hydrogens is 901 g/mol. The fraction of sp³-hybridized carbons (Fsp3) is 0.455. The van der Waals surface area contributed by atoms with E-state index in [1.54, 1.807) is 57.8 Å². The van der Waals surface area contributed by atoms with Crippen molar-refractivity contribution in [2.75, 3.05) is 61.0 Å². The van der Waals surface area contributed by atoms with Crippen molar-refractivity contribution in [2.45, 2.75) is 88.5 Å². The molecule has 70 heavy (non-hydrogen) atoms. The average molecular weight is 975 g/mol. The molecule has 0 amide bonds. The highest BCUT2D eigenvalue weighted by Gasteiger charge is 2.28. The van der Waals surface area contributed by atoms with Crippen LogP contribution in [0.1, 0.15) is 104 Å². The molecule has 15 nitrogen and oxygen atoms in total. The lowest BCUT2D eigenvalue weighted by Crippen LogP contribution is -2.27. The Kier molecular flexibility index (Phi) is 27.9. The Bertz CT molecular complexity index is 2180. The van der Waals surface area contributed by atoms with E-state index >= 15 is 0 Å². The number of carbonyl (C=O) groups excluding carboxylic acids is 6. The van der Waals surface area contributed by atoms with Gasteiger partial charge in [-0.2, -0.15) is 0 Å². The zero-order chi connectivity index (χ0) is 52.8. The molecule has 0 spiro atoms. The van der Waals surface area contributed by atoms with Gasteiger partial charge in [0.15, 0.2) is 11.5 Å². The van der Waals surface area contributed by atoms with E-state index < -0.39 is 34.2 Å². The number of hydrogen-bond acceptors (Lipinski definition) is 15. The standard InChI is InChI=1S/C20H28O6.C18H24O5.C17H22O4/c1-7-20(3,4)19(22)26-11-10-25-17(21)9-8-15-12-14(2)18(24-6)16(13-15)23-5;1-5-18(2,3)17(20)23-13-12-22-16(19)11-8-14-6-9-15(21-4)10-7-14;1-4-17(2,3)16(19)21-13-12-20-15(18)11-10-14-8-6-5-7-9-14/h8-9,12-13H,7,10-11H2,1-6H3;6-11H,5,12-13H2,1-4H3;5-11H,4,12-13H2,1-3H3/b9-8+;11-8+;11-10+. The molecule has 0 atom stereocenters. The third-order valence-corrected chi connectivity index (χ3v) is 10.8. The Morgan fingerprint density at radius 2 is 0.800 bits per heavy atom. The number of ether oxygens (including phenoxy) is 9. The minimum atomic E-state index is -0.533. The second-order valence-electron chi connectivity index (χ2n) is 17.4. The van der Waals surface area contributed by atoms with Gasteiger partial charge in [-0.05, 0) is 132 Å². The number of hydrogen-bond donors (Lipinski definition) is 0. The summed E-state index contributed by atoms with van der Waals surface area (Å²) in [6.45, 7) is 18.9. The average Bonchev–Trinajstić information content (AvgIpc) is 3.36. The van der Waals surface area contributed by atoms with Crippen LogP contribution in [0.5, 0.6) is 17.2 Å². The molecule has 0 bridgehead atoms. The van der Waals surface area contributed by atoms with Crippen molar-refractivity contribution in [3.05, 3.63) is 107 Å². The van der Waals surface area contributed by atoms with Gasteiger partial charge in [-0.1, -0.05) is 63.2 Å². The first-order chi connectivity index (χ1) is 33.1. The van der Waals surface area contributed by atoms with Crippen LogP contribution in [0.3, 0.4) is 0 Å². The number of benzene rings is 3. The predicted octanol–water partition coefficient (Wildman–Crippen LogP) is 10.0. The summed E-state index contributed by atoms with van der Waals surface area (Å²) in [5.41, 5.74) is 1.91. The summed E-state index contributed by atoms with van der Waals surface area (Å²) < 4.78 is 45.8. The minimum absolute atomic E-state index is 0.0136. The zero-order valence-electron chi connectivity index (χ0n) is 43.3. The zero-order valence-corrected chi connectivity index (χ0v) is 43.3. The minimum Gasteiger partial charge on any atom is -0.497 e. The van der Waals surface area contributed by atoms with Crippen molar-refractivity contribution in [3.8, 4) is 17.2 Å². The Labute approximate surface area is 414 Å². The second kappa shape index (κ2) is 32.0. The first-order valence-corrected chi connectivity index (χ1v) is 23.1. The molecule has 0 radical (unpaired) electrons. The van der Waals surface area contributed by atoms with Crippen LogP contribution in [0, 0.1) is 23.2 Å². The molecule has 0 fully saturated rings. The third-order valence-electron chi connectivity index (χ3n) is 10.8. The van der Waals surface area contributed by atoms with E-state index in [4.69, 9.17) is 42.6 Å². The van der Waals surface area contributed by atoms with Crippen LogP contribution in [0.4, 0.5) is 0 Å². The summed E-state index contributed by atoms with van der Waals surface area (Å²) in [7, 11) is 4.73. The molecule has 3 aromatic carbocycles. The van der Waals surface area contributed by atoms with Gasteiger partial charge in [-0.25, -0.2) is 14.4 Å². The SMILES string of the molecule is CCC(C)(C)C(=O)OCCOC(=O)/C=C/c1cc(C)c(OC)c(OC)c1.CCC(C)(C)C(=O)OCCOC(=O)/C=C/c1ccc(OC)cc1.CCC(C)(C)C(=O)OCCOC(=O)/C=C/c1ccccc1. The first kappa shape index (κ1) is 61.1. The topological polar surface area (TPSA) is 185 Å². The molecule has 0 unspecified atom stereocenters. The van der Waals surface area contributed by atoms with E-state index in [0.717, 1.165) is 28.0 Å². The van der Waals surface area contributed by atoms with Gasteiger partial charge in [-0.15, -0.1) is 0 Å². The highest BCUT2D eigenvalue weighted by atomic mass is 16.6. The molecule has 0 N–H and O–H groups in total. The van der Waals surface area contributed by atoms with Crippen LogP contribution in [0.2, 0.25) is 0 Å². The lowest BCUT2D eigenvalue weighted by atomic mass is 9.91. The van der Waals surface area contributed by atoms with Crippen molar-refractivity contribution >= 4 is 54.0 Å². The smallest absolute Gasteiger partial charge is 0.330 e. The molecular formula is C55H74O15. The van der Waals surface area contributed by atoms with Crippen LogP contribution >= 0.6 is 0 Å². The largest absolute Gasteiger partial charge is 0.497 e. The molecule has 3 aromatic rings. The van der Waals surface area contributed by atoms with E-state index in [2.05, 4.69) is 0 Å². The molecule has 0 aliphatic heterocycles. The van der Waals surface area contributed by atoms with Crippen molar-refractivity contribution in [2.24, 2.45) is 16.2 Å². The van der Waals surface area contributed by atoms with Gasteiger partial charge in [0.25, 0.3) is 0 Å². The van der Waals surface area contributed by atoms with E-state index in [0.29, 0.717) is 30.8 Å². The monoisotopic (exact) mass is 975 g/mol. The highest BCUT2D eigenvalue weighted by molar-refractivity contribution is 5.88. The van der Waals surface area contributed by atoms with Gasteiger partial charge >= 0.3 is 35.8 Å². The maximum absolute atomic E-state index is 11.8. The summed E-state index contributed by atoms with van der Waals surface area (Å²) in [6, 6.07) is 20.4. The fourth-order valence-electron chi connectivity index (χ4n) is 5.04. The maximum atomic E-state index is 11.8. The van der Waals surface area contributed by atoms with Crippen LogP contribution in [-0.2, 0) is 57.2 Å². The van der Waals surface area contributed by atoms with Crippen LogP contribution in [0.15, 0.2) is 85.0 Å². The summed E-state index contributed by atoms with van der Waals surface area (Å²) in [5.74, 6) is -0.311. The molecule has 0 aromatic heterocycles. The van der Waals surface area contributed by atoms with Crippen molar-refractivity contribution in [1.82, 2.24) is 0 Å². The molecule has 0 heterocycles. The van der Waals surface area contributed by atoms with Crippen molar-refractivity contribution < 1.29 is 71.4 Å². The first-order valence-electron chi connectivity index (χ1n) is 23.1. The van der Waals surface area contributed by atoms with Crippen LogP contribution in [-0.4, -0.2) is 96.8 Å². The lowest BCUT2D eigenvalue weighted by molar-refractivity contribution is -0.158. The summed E-state index contributed by atoms with van der Waals surface area (Å²) in [6.07, 6.45) is 11.0. The molecule has 0 saturated carbocycles. The predicted molar refractivity (Wildman–Crippen MR) is 269 cm³/mol. The van der Waals surface area contributed by atoms with Gasteiger partial charge in [0.05, 0.1) is 37.6 Å². The Balaban J connectivity index is 0.000000528. The van der Waals surface area contributed by atoms with Gasteiger partial charge in [0.1, 0.15) is 45.4 Å². The van der Waals surface area contributed by atoms with Gasteiger partial charge < -0.3 is 42.6 Å². The molecule has 0 aliphatic rings. The molecule has 384 valence electrons. The number of methoxy groups -OCH3 is 3. The number of carbonyl (C=O) groups is 6. The third kappa shape index (κ3) is 23.9. The second-order valence-corrected chi connectivity index (χ2v) is 17.4. The summed E-state index contributed by atoms with van der Waals surface area (Å²) in [5, 5.41) is 0. The van der Waals surface area contributed by atoms with Gasteiger partial charge in [-0.3, -0.25) is 14.4 Å². The molecule has 0 saturated heterocycles. The van der Waals surface area contributed by atoms with Gasteiger partial charge in [0, 0.05) is 18.2 Å². The normalized spacial score (nSPS) is 11.3. The Morgan fingerprint density at radius 3 is 1.14 bits per heavy atom. The van der Waals surface area contributed by atoms with Gasteiger partial charge in [0.2, 0.25) is 0 Å². The maximum Gasteiger partial charge on any atom is 0.330 e. The molecule has 3 rings (SSSR count). The van der Waals surface area contributed by atoms with E-state index in [1.807, 2.05) is 118 Å². The Hall–Kier alpha value is -6.90. The van der Waals surface area contributed by atoms with E-state index in [1.165, 1.54) is 18.2 Å². The highest BCUT2D eigenvalue weighted by Crippen LogP contribution is 2.32. The quantitative estimate of drug-likeness (QED) is 0.0357. The summed E-state index contributed by atoms with van der Waals surface area (Å²) >= 11 is 0. The lowest BCUT2D eigenvalue weighted by Gasteiger charge is -2.20. The number of aryl methyl sites for hydroxylation is 1. The summed E-state index contributed by atoms with van der Waals surface area (Å²) in [4.78, 5) is 70.0. The number of esters is 6. The van der Waals surface area contributed by atoms with E-state index in [9.17, 15) is 28.8 Å². The van der Waals surface area contributed by atoms with Crippen molar-refractivity contribution in [3.63, 3.8) is 0 Å². The number of rotatable bonds is 24. The van der Waals surface area contributed by atoms with Crippen LogP contribution in [0.25, 0.3) is 18.2 Å². The Morgan fingerprint density at radius 1 is 0.443 bits per heavy atom.